The van der Waals surface area contributed by atoms with Gasteiger partial charge in [0.05, 0.1) is 18.3 Å². The standard InChI is InChI=1S/C17H16N4O3S/c22-15(20-17-19-11-4-1-2-6-14(11)25-17)9-21-10-18-12(8-16(21)23)13-5-3-7-24-13/h3,5,7-8,10H,1-2,4,6,9H2,(H,19,20,22). The summed E-state index contributed by atoms with van der Waals surface area (Å²) in [7, 11) is 0. The van der Waals surface area contributed by atoms with Crippen molar-refractivity contribution in [3.05, 3.63) is 51.7 Å². The van der Waals surface area contributed by atoms with Crippen molar-refractivity contribution >= 4 is 22.4 Å². The van der Waals surface area contributed by atoms with Gasteiger partial charge in [0.1, 0.15) is 12.2 Å². The number of fused-ring (bicyclic) bond motifs is 1. The van der Waals surface area contributed by atoms with Gasteiger partial charge >= 0.3 is 0 Å². The van der Waals surface area contributed by atoms with E-state index < -0.39 is 0 Å². The van der Waals surface area contributed by atoms with E-state index in [4.69, 9.17) is 4.42 Å². The molecule has 0 fully saturated rings. The summed E-state index contributed by atoms with van der Waals surface area (Å²) in [4.78, 5) is 34.3. The Kier molecular flexibility index (Phi) is 4.19. The molecule has 0 saturated carbocycles. The van der Waals surface area contributed by atoms with Gasteiger partial charge in [0.2, 0.25) is 5.91 Å². The molecule has 1 amide bonds. The Morgan fingerprint density at radius 3 is 3.00 bits per heavy atom. The monoisotopic (exact) mass is 356 g/mol. The van der Waals surface area contributed by atoms with Crippen LogP contribution in [0.25, 0.3) is 11.5 Å². The number of carbonyl (C=O) groups excluding carboxylic acids is 1. The number of amides is 1. The zero-order valence-electron chi connectivity index (χ0n) is 13.4. The molecule has 8 heteroatoms. The summed E-state index contributed by atoms with van der Waals surface area (Å²) in [5.74, 6) is 0.225. The Labute approximate surface area is 147 Å². The van der Waals surface area contributed by atoms with Crippen LogP contribution in [-0.4, -0.2) is 20.4 Å². The summed E-state index contributed by atoms with van der Waals surface area (Å²) in [6, 6.07) is 4.81. The highest BCUT2D eigenvalue weighted by Gasteiger charge is 2.16. The van der Waals surface area contributed by atoms with Crippen molar-refractivity contribution in [2.24, 2.45) is 0 Å². The minimum Gasteiger partial charge on any atom is -0.463 e. The fourth-order valence-electron chi connectivity index (χ4n) is 2.82. The van der Waals surface area contributed by atoms with E-state index in [1.165, 1.54) is 45.9 Å². The summed E-state index contributed by atoms with van der Waals surface area (Å²) in [6.07, 6.45) is 7.19. The van der Waals surface area contributed by atoms with E-state index in [0.29, 0.717) is 16.6 Å². The molecule has 0 unspecified atom stereocenters. The van der Waals surface area contributed by atoms with E-state index in [2.05, 4.69) is 15.3 Å². The maximum absolute atomic E-state index is 12.2. The maximum atomic E-state index is 12.2. The number of hydrogen-bond donors (Lipinski definition) is 1. The number of aromatic nitrogens is 3. The lowest BCUT2D eigenvalue weighted by Gasteiger charge is -2.06. The third-order valence-electron chi connectivity index (χ3n) is 4.06. The molecule has 7 nitrogen and oxygen atoms in total. The summed E-state index contributed by atoms with van der Waals surface area (Å²) < 4.78 is 6.48. The Bertz CT molecular complexity index is 935. The quantitative estimate of drug-likeness (QED) is 0.776. The molecule has 0 saturated heterocycles. The minimum absolute atomic E-state index is 0.103. The van der Waals surface area contributed by atoms with Gasteiger partial charge in [-0.3, -0.25) is 14.2 Å². The van der Waals surface area contributed by atoms with Gasteiger partial charge in [-0.25, -0.2) is 9.97 Å². The molecular formula is C17H16N4O3S. The number of furan rings is 1. The van der Waals surface area contributed by atoms with Crippen LogP contribution < -0.4 is 10.9 Å². The second-order valence-electron chi connectivity index (χ2n) is 5.86. The topological polar surface area (TPSA) is 90.0 Å². The highest BCUT2D eigenvalue weighted by Crippen LogP contribution is 2.29. The lowest BCUT2D eigenvalue weighted by atomic mass is 10.0. The molecule has 0 bridgehead atoms. The van der Waals surface area contributed by atoms with Gasteiger partial charge in [-0.05, 0) is 37.8 Å². The average molecular weight is 356 g/mol. The van der Waals surface area contributed by atoms with Crippen LogP contribution in [0.2, 0.25) is 0 Å². The first-order valence-electron chi connectivity index (χ1n) is 8.08. The number of nitrogens with one attached hydrogen (secondary N) is 1. The van der Waals surface area contributed by atoms with E-state index in [1.54, 1.807) is 12.1 Å². The fraction of sp³-hybridized carbons (Fsp3) is 0.294. The highest BCUT2D eigenvalue weighted by molar-refractivity contribution is 7.15. The summed E-state index contributed by atoms with van der Waals surface area (Å²) in [5.41, 5.74) is 1.22. The lowest BCUT2D eigenvalue weighted by molar-refractivity contribution is -0.116. The van der Waals surface area contributed by atoms with Crippen molar-refractivity contribution in [3.63, 3.8) is 0 Å². The average Bonchev–Trinajstić information content (AvgIpc) is 3.25. The van der Waals surface area contributed by atoms with E-state index in [1.807, 2.05) is 0 Å². The first kappa shape index (κ1) is 15.8. The number of anilines is 1. The van der Waals surface area contributed by atoms with Crippen molar-refractivity contribution in [2.75, 3.05) is 5.32 Å². The number of hydrogen-bond acceptors (Lipinski definition) is 6. The highest BCUT2D eigenvalue weighted by atomic mass is 32.1. The van der Waals surface area contributed by atoms with Crippen LogP contribution in [-0.2, 0) is 24.2 Å². The van der Waals surface area contributed by atoms with Crippen LogP contribution >= 0.6 is 11.3 Å². The van der Waals surface area contributed by atoms with Gasteiger partial charge < -0.3 is 9.73 Å². The molecule has 1 aliphatic rings. The molecule has 3 aromatic heterocycles. The van der Waals surface area contributed by atoms with Gasteiger partial charge in [-0.2, -0.15) is 0 Å². The fourth-order valence-corrected chi connectivity index (χ4v) is 3.89. The Hall–Kier alpha value is -2.74. The first-order chi connectivity index (χ1) is 12.2. The van der Waals surface area contributed by atoms with Crippen molar-refractivity contribution in [2.45, 2.75) is 32.2 Å². The second kappa shape index (κ2) is 6.64. The minimum atomic E-state index is -0.310. The molecule has 3 aromatic rings. The smallest absolute Gasteiger partial charge is 0.254 e. The molecule has 0 spiro atoms. The van der Waals surface area contributed by atoms with Gasteiger partial charge in [0.15, 0.2) is 10.9 Å². The zero-order valence-corrected chi connectivity index (χ0v) is 14.2. The molecule has 0 atom stereocenters. The predicted octanol–water partition coefficient (Wildman–Crippen LogP) is 2.48. The molecule has 3 heterocycles. The van der Waals surface area contributed by atoms with Crippen LogP contribution in [0.3, 0.4) is 0 Å². The second-order valence-corrected chi connectivity index (χ2v) is 6.95. The van der Waals surface area contributed by atoms with Gasteiger partial charge in [-0.15, -0.1) is 11.3 Å². The molecular weight excluding hydrogens is 340 g/mol. The molecule has 0 aromatic carbocycles. The maximum Gasteiger partial charge on any atom is 0.254 e. The van der Waals surface area contributed by atoms with Crippen LogP contribution in [0.15, 0.2) is 40.0 Å². The van der Waals surface area contributed by atoms with Crippen LogP contribution in [0, 0.1) is 0 Å². The molecule has 4 rings (SSSR count). The van der Waals surface area contributed by atoms with E-state index in [9.17, 15) is 9.59 Å². The van der Waals surface area contributed by atoms with Crippen molar-refractivity contribution in [3.8, 4) is 11.5 Å². The molecule has 1 aliphatic carbocycles. The van der Waals surface area contributed by atoms with Gasteiger partial charge in [0.25, 0.3) is 5.56 Å². The van der Waals surface area contributed by atoms with E-state index in [0.717, 1.165) is 25.0 Å². The van der Waals surface area contributed by atoms with Gasteiger partial charge in [-0.1, -0.05) is 0 Å². The predicted molar refractivity (Wildman–Crippen MR) is 93.6 cm³/mol. The normalized spacial score (nSPS) is 13.4. The number of thiazole rings is 1. The molecule has 0 radical (unpaired) electrons. The van der Waals surface area contributed by atoms with E-state index >= 15 is 0 Å². The third kappa shape index (κ3) is 3.39. The Morgan fingerprint density at radius 1 is 1.36 bits per heavy atom. The summed E-state index contributed by atoms with van der Waals surface area (Å²) in [6.45, 7) is -0.103. The SMILES string of the molecule is O=C(Cn1cnc(-c2ccco2)cc1=O)Nc1nc2c(s1)CCCC2. The molecule has 25 heavy (non-hydrogen) atoms. The van der Waals surface area contributed by atoms with Crippen molar-refractivity contribution in [1.82, 2.24) is 14.5 Å². The van der Waals surface area contributed by atoms with E-state index in [-0.39, 0.29) is 18.0 Å². The lowest BCUT2D eigenvalue weighted by Crippen LogP contribution is -2.27. The number of rotatable bonds is 4. The number of carbonyl (C=O) groups is 1. The first-order valence-corrected chi connectivity index (χ1v) is 8.89. The molecule has 128 valence electrons. The summed E-state index contributed by atoms with van der Waals surface area (Å²) in [5, 5.41) is 3.38. The largest absolute Gasteiger partial charge is 0.463 e. The van der Waals surface area contributed by atoms with Gasteiger partial charge in [0, 0.05) is 10.9 Å². The Balaban J connectivity index is 1.45. The molecule has 1 N–H and O–H groups in total. The number of aryl methyl sites for hydroxylation is 2. The van der Waals surface area contributed by atoms with Crippen molar-refractivity contribution in [1.29, 1.82) is 0 Å². The molecule has 0 aliphatic heterocycles. The number of nitrogens with zero attached hydrogens (tertiary/aromatic N) is 3. The summed E-state index contributed by atoms with van der Waals surface area (Å²) >= 11 is 1.52. The zero-order chi connectivity index (χ0) is 17.2. The van der Waals surface area contributed by atoms with Crippen LogP contribution in [0.5, 0.6) is 0 Å². The van der Waals surface area contributed by atoms with Crippen LogP contribution in [0.1, 0.15) is 23.4 Å². The third-order valence-corrected chi connectivity index (χ3v) is 5.13. The van der Waals surface area contributed by atoms with Crippen molar-refractivity contribution < 1.29 is 9.21 Å². The Morgan fingerprint density at radius 2 is 2.24 bits per heavy atom. The van der Waals surface area contributed by atoms with Crippen LogP contribution in [0.4, 0.5) is 5.13 Å².